The van der Waals surface area contributed by atoms with Gasteiger partial charge in [0.15, 0.2) is 0 Å². The highest BCUT2D eigenvalue weighted by molar-refractivity contribution is 6.31. The van der Waals surface area contributed by atoms with Crippen molar-refractivity contribution in [2.24, 2.45) is 12.1 Å². The second-order valence-corrected chi connectivity index (χ2v) is 7.72. The fourth-order valence-corrected chi connectivity index (χ4v) is 3.62. The molecule has 4 heterocycles. The van der Waals surface area contributed by atoms with Crippen molar-refractivity contribution in [3.8, 4) is 12.0 Å². The highest BCUT2D eigenvalue weighted by atomic mass is 16.5. The molecule has 174 valence electrons. The van der Waals surface area contributed by atoms with Gasteiger partial charge in [0.25, 0.3) is 17.4 Å². The highest BCUT2D eigenvalue weighted by Crippen LogP contribution is 2.15. The van der Waals surface area contributed by atoms with Gasteiger partial charge in [0.05, 0.1) is 37.6 Å². The summed E-state index contributed by atoms with van der Waals surface area (Å²) in [7, 11) is 3.11. The van der Waals surface area contributed by atoms with Crippen LogP contribution >= 0.6 is 0 Å². The number of nitrogens with one attached hydrogen (secondary N) is 1. The summed E-state index contributed by atoms with van der Waals surface area (Å²) in [5.74, 6) is 2.40. The molecule has 0 aromatic carbocycles. The largest absolute Gasteiger partial charge is 0.378 e. The first-order chi connectivity index (χ1) is 16.0. The molecule has 1 aromatic heterocycles. The van der Waals surface area contributed by atoms with Crippen LogP contribution in [0.2, 0.25) is 0 Å². The number of H-pyrrole nitrogens is 1. The van der Waals surface area contributed by atoms with E-state index in [9.17, 15) is 14.4 Å². The van der Waals surface area contributed by atoms with Gasteiger partial charge in [-0.1, -0.05) is 6.08 Å². The van der Waals surface area contributed by atoms with Gasteiger partial charge in [-0.3, -0.25) is 24.2 Å². The number of hydrogen-bond acceptors (Lipinski definition) is 7. The van der Waals surface area contributed by atoms with Crippen molar-refractivity contribution in [1.29, 1.82) is 0 Å². The Hall–Kier alpha value is -3.62. The number of carbonyl (C=O) groups is 2. The lowest BCUT2D eigenvalue weighted by Gasteiger charge is -2.26. The minimum atomic E-state index is -0.336. The van der Waals surface area contributed by atoms with E-state index in [2.05, 4.69) is 22.2 Å². The SMILES string of the molecule is CN1N=C(C#CN2CCOCC2)/C(=C/C=C/c2c(C(=O)N3CCOCC3)[nH]n(C)c2=O)C1=O. The zero-order valence-corrected chi connectivity index (χ0v) is 18.7. The standard InChI is InChI=1S/C22H26N6O5/c1-25-20(29)16(18(23-25)6-7-27-8-12-32-13-9-27)4-3-5-17-19(24-26(2)21(17)30)22(31)28-10-14-33-15-11-28/h3-5,24H,8-15H2,1-2H3/b5-3+,16-4-. The number of ether oxygens (including phenoxy) is 2. The summed E-state index contributed by atoms with van der Waals surface area (Å²) in [6.45, 7) is 4.47. The van der Waals surface area contributed by atoms with E-state index in [1.54, 1.807) is 31.1 Å². The molecule has 11 nitrogen and oxygen atoms in total. The lowest BCUT2D eigenvalue weighted by molar-refractivity contribution is -0.124. The van der Waals surface area contributed by atoms with E-state index < -0.39 is 0 Å². The maximum atomic E-state index is 12.9. The van der Waals surface area contributed by atoms with E-state index in [-0.39, 0.29) is 28.6 Å². The summed E-state index contributed by atoms with van der Waals surface area (Å²) >= 11 is 0. The van der Waals surface area contributed by atoms with Crippen LogP contribution in [0.3, 0.4) is 0 Å². The number of hydrazone groups is 1. The smallest absolute Gasteiger partial charge is 0.276 e. The first-order valence-electron chi connectivity index (χ1n) is 10.7. The van der Waals surface area contributed by atoms with Crippen LogP contribution in [0.25, 0.3) is 6.08 Å². The van der Waals surface area contributed by atoms with Crippen LogP contribution in [0.1, 0.15) is 16.1 Å². The molecule has 0 bridgehead atoms. The van der Waals surface area contributed by atoms with Crippen molar-refractivity contribution < 1.29 is 19.1 Å². The number of likely N-dealkylation sites (N-methyl/N-ethyl adjacent to an activating group) is 1. The first-order valence-corrected chi connectivity index (χ1v) is 10.7. The Morgan fingerprint density at radius 3 is 2.42 bits per heavy atom. The van der Waals surface area contributed by atoms with Gasteiger partial charge >= 0.3 is 0 Å². The quantitative estimate of drug-likeness (QED) is 0.475. The van der Waals surface area contributed by atoms with Gasteiger partial charge in [0, 0.05) is 46.3 Å². The summed E-state index contributed by atoms with van der Waals surface area (Å²) in [6, 6.07) is 3.03. The Morgan fingerprint density at radius 2 is 1.73 bits per heavy atom. The van der Waals surface area contributed by atoms with Gasteiger partial charge in [-0.2, -0.15) is 5.10 Å². The second-order valence-electron chi connectivity index (χ2n) is 7.72. The predicted octanol–water partition coefficient (Wildman–Crippen LogP) is -0.753. The van der Waals surface area contributed by atoms with Gasteiger partial charge in [0.1, 0.15) is 11.4 Å². The number of carbonyl (C=O) groups excluding carboxylic acids is 2. The molecule has 1 aromatic rings. The summed E-state index contributed by atoms with van der Waals surface area (Å²) in [4.78, 5) is 41.6. The topological polar surface area (TPSA) is 112 Å². The number of aryl methyl sites for hydroxylation is 1. The molecule has 0 saturated carbocycles. The fraction of sp³-hybridized carbons (Fsp3) is 0.455. The molecule has 0 unspecified atom stereocenters. The minimum absolute atomic E-state index is 0.204. The van der Waals surface area contributed by atoms with E-state index in [4.69, 9.17) is 9.47 Å². The predicted molar refractivity (Wildman–Crippen MR) is 120 cm³/mol. The fourth-order valence-electron chi connectivity index (χ4n) is 3.62. The molecular formula is C22H26N6O5. The zero-order valence-electron chi connectivity index (χ0n) is 18.7. The normalized spacial score (nSPS) is 20.4. The van der Waals surface area contributed by atoms with Crippen molar-refractivity contribution in [3.05, 3.63) is 39.3 Å². The van der Waals surface area contributed by atoms with Crippen LogP contribution in [0.15, 0.2) is 27.6 Å². The molecular weight excluding hydrogens is 428 g/mol. The van der Waals surface area contributed by atoms with Crippen molar-refractivity contribution in [3.63, 3.8) is 0 Å². The molecule has 2 saturated heterocycles. The Balaban J connectivity index is 1.57. The summed E-state index contributed by atoms with van der Waals surface area (Å²) in [5, 5.41) is 8.27. The number of nitrogens with zero attached hydrogens (tertiary/aromatic N) is 5. The van der Waals surface area contributed by atoms with Gasteiger partial charge < -0.3 is 19.3 Å². The summed E-state index contributed by atoms with van der Waals surface area (Å²) in [5.41, 5.74) is 0.766. The lowest BCUT2D eigenvalue weighted by Crippen LogP contribution is -2.41. The van der Waals surface area contributed by atoms with Crippen LogP contribution in [0.4, 0.5) is 0 Å². The molecule has 2 fully saturated rings. The second kappa shape index (κ2) is 9.89. The Kier molecular flexibility index (Phi) is 6.76. The van der Waals surface area contributed by atoms with Gasteiger partial charge in [-0.25, -0.2) is 5.01 Å². The zero-order chi connectivity index (χ0) is 23.4. The van der Waals surface area contributed by atoms with Crippen molar-refractivity contribution in [1.82, 2.24) is 24.6 Å². The van der Waals surface area contributed by atoms with Crippen LogP contribution in [0.5, 0.6) is 0 Å². The van der Waals surface area contributed by atoms with E-state index in [0.29, 0.717) is 63.9 Å². The monoisotopic (exact) mass is 454 g/mol. The number of aromatic nitrogens is 2. The lowest BCUT2D eigenvalue weighted by atomic mass is 10.1. The minimum Gasteiger partial charge on any atom is -0.378 e. The maximum absolute atomic E-state index is 12.9. The number of aromatic amines is 1. The van der Waals surface area contributed by atoms with Crippen LogP contribution < -0.4 is 5.56 Å². The first kappa shape index (κ1) is 22.6. The molecule has 4 rings (SSSR count). The van der Waals surface area contributed by atoms with E-state index >= 15 is 0 Å². The molecule has 0 spiro atoms. The number of amides is 2. The molecule has 0 aliphatic carbocycles. The molecule has 1 N–H and O–H groups in total. The molecule has 2 amide bonds. The summed E-state index contributed by atoms with van der Waals surface area (Å²) < 4.78 is 11.9. The number of allylic oxidation sites excluding steroid dienone is 2. The Labute approximate surface area is 190 Å². The molecule has 33 heavy (non-hydrogen) atoms. The third-order valence-corrected chi connectivity index (χ3v) is 5.49. The Morgan fingerprint density at radius 1 is 1.06 bits per heavy atom. The Bertz CT molecular complexity index is 1140. The van der Waals surface area contributed by atoms with Gasteiger partial charge in [-0.05, 0) is 18.1 Å². The van der Waals surface area contributed by atoms with Crippen molar-refractivity contribution in [2.45, 2.75) is 0 Å². The van der Waals surface area contributed by atoms with E-state index in [0.717, 1.165) is 0 Å². The number of rotatable bonds is 3. The van der Waals surface area contributed by atoms with Crippen LogP contribution in [-0.4, -0.2) is 102 Å². The molecule has 11 heteroatoms. The third kappa shape index (κ3) is 4.92. The molecule has 0 radical (unpaired) electrons. The third-order valence-electron chi connectivity index (χ3n) is 5.49. The summed E-state index contributed by atoms with van der Waals surface area (Å²) in [6.07, 6.45) is 4.66. The van der Waals surface area contributed by atoms with Crippen LogP contribution in [0, 0.1) is 12.0 Å². The van der Waals surface area contributed by atoms with E-state index in [1.807, 2.05) is 4.90 Å². The number of hydrogen-bond donors (Lipinski definition) is 1. The average Bonchev–Trinajstić information content (AvgIpc) is 3.28. The van der Waals surface area contributed by atoms with Crippen LogP contribution in [-0.2, 0) is 21.3 Å². The van der Waals surface area contributed by atoms with E-state index in [1.165, 1.54) is 15.8 Å². The molecule has 3 aliphatic heterocycles. The van der Waals surface area contributed by atoms with Gasteiger partial charge in [0.2, 0.25) is 0 Å². The maximum Gasteiger partial charge on any atom is 0.276 e. The van der Waals surface area contributed by atoms with Gasteiger partial charge in [-0.15, -0.1) is 0 Å². The molecule has 3 aliphatic rings. The number of morpholine rings is 2. The molecule has 0 atom stereocenters. The average molecular weight is 454 g/mol. The van der Waals surface area contributed by atoms with Crippen molar-refractivity contribution >= 4 is 23.6 Å². The highest BCUT2D eigenvalue weighted by Gasteiger charge is 2.27. The van der Waals surface area contributed by atoms with Crippen molar-refractivity contribution in [2.75, 3.05) is 59.7 Å².